The summed E-state index contributed by atoms with van der Waals surface area (Å²) in [5, 5.41) is 2.95. The van der Waals surface area contributed by atoms with Crippen LogP contribution in [0, 0.1) is 6.92 Å². The van der Waals surface area contributed by atoms with Crippen LogP contribution in [0.25, 0.3) is 0 Å². The van der Waals surface area contributed by atoms with Gasteiger partial charge in [0, 0.05) is 25.6 Å². The van der Waals surface area contributed by atoms with Crippen LogP contribution in [0.3, 0.4) is 0 Å². The average molecular weight is 594 g/mol. The van der Waals surface area contributed by atoms with Crippen molar-refractivity contribution in [3.05, 3.63) is 89.5 Å². The summed E-state index contributed by atoms with van der Waals surface area (Å²) in [5.74, 6) is -0.0565. The summed E-state index contributed by atoms with van der Waals surface area (Å²) in [6.07, 6.45) is 1.01. The van der Waals surface area contributed by atoms with E-state index in [9.17, 15) is 18.0 Å². The van der Waals surface area contributed by atoms with E-state index < -0.39 is 28.5 Å². The molecule has 0 bridgehead atoms. The molecule has 4 rings (SSSR count). The van der Waals surface area contributed by atoms with Gasteiger partial charge in [0.2, 0.25) is 21.8 Å². The van der Waals surface area contributed by atoms with Crippen molar-refractivity contribution in [2.24, 2.45) is 0 Å². The van der Waals surface area contributed by atoms with Crippen LogP contribution in [-0.4, -0.2) is 63.2 Å². The van der Waals surface area contributed by atoms with E-state index in [4.69, 9.17) is 9.47 Å². The second kappa shape index (κ2) is 14.2. The Bertz CT molecular complexity index is 1460. The van der Waals surface area contributed by atoms with Crippen LogP contribution >= 0.6 is 0 Å². The lowest BCUT2D eigenvalue weighted by molar-refractivity contribution is -0.140. The van der Waals surface area contributed by atoms with E-state index >= 15 is 0 Å². The fourth-order valence-electron chi connectivity index (χ4n) is 4.72. The first-order chi connectivity index (χ1) is 20.2. The van der Waals surface area contributed by atoms with Crippen molar-refractivity contribution < 1.29 is 27.5 Å². The second-order valence-electron chi connectivity index (χ2n) is 10.2. The van der Waals surface area contributed by atoms with Gasteiger partial charge in [0.05, 0.1) is 11.4 Å². The molecule has 3 aromatic rings. The largest absolute Gasteiger partial charge is 0.486 e. The summed E-state index contributed by atoms with van der Waals surface area (Å²) in [5.41, 5.74) is 3.08. The fourth-order valence-corrected chi connectivity index (χ4v) is 5.77. The third kappa shape index (κ3) is 7.82. The van der Waals surface area contributed by atoms with Crippen molar-refractivity contribution in [1.82, 2.24) is 10.2 Å². The molecule has 1 atom stereocenters. The van der Waals surface area contributed by atoms with Crippen LogP contribution in [0.1, 0.15) is 37.0 Å². The Morgan fingerprint density at radius 1 is 0.905 bits per heavy atom. The number of carbonyl (C=O) groups is 2. The summed E-state index contributed by atoms with van der Waals surface area (Å²) in [7, 11) is -3.88. The van der Waals surface area contributed by atoms with Gasteiger partial charge in [-0.2, -0.15) is 0 Å². The van der Waals surface area contributed by atoms with Crippen LogP contribution in [0.5, 0.6) is 11.5 Å². The molecule has 1 heterocycles. The number of aryl methyl sites for hydroxylation is 1. The number of nitrogens with zero attached hydrogens (tertiary/aromatic N) is 2. The molecule has 0 saturated carbocycles. The topological polar surface area (TPSA) is 105 Å². The van der Waals surface area contributed by atoms with Crippen molar-refractivity contribution in [1.29, 1.82) is 0 Å². The van der Waals surface area contributed by atoms with Crippen molar-refractivity contribution in [3.8, 4) is 11.5 Å². The minimum Gasteiger partial charge on any atom is -0.486 e. The molecular formula is C32H39N3O6S. The molecule has 42 heavy (non-hydrogen) atoms. The highest BCUT2D eigenvalue weighted by Gasteiger charge is 2.34. The maximum atomic E-state index is 14.2. The first-order valence-corrected chi connectivity index (χ1v) is 15.9. The Morgan fingerprint density at radius 2 is 1.60 bits per heavy atom. The number of nitrogens with one attached hydrogen (secondary N) is 1. The molecule has 0 saturated heterocycles. The first-order valence-electron chi connectivity index (χ1n) is 14.3. The van der Waals surface area contributed by atoms with Crippen molar-refractivity contribution in [2.45, 2.75) is 46.2 Å². The van der Waals surface area contributed by atoms with Crippen LogP contribution in [0.2, 0.25) is 0 Å². The van der Waals surface area contributed by atoms with E-state index in [1.165, 1.54) is 11.8 Å². The number of benzene rings is 3. The Balaban J connectivity index is 1.73. The summed E-state index contributed by atoms with van der Waals surface area (Å²) in [4.78, 5) is 29.3. The number of anilines is 1. The maximum Gasteiger partial charge on any atom is 0.244 e. The summed E-state index contributed by atoms with van der Waals surface area (Å²) >= 11 is 0. The zero-order valence-corrected chi connectivity index (χ0v) is 25.2. The molecule has 0 aromatic heterocycles. The smallest absolute Gasteiger partial charge is 0.244 e. The Morgan fingerprint density at radius 3 is 2.26 bits per heavy atom. The lowest BCUT2D eigenvalue weighted by Crippen LogP contribution is -2.53. The number of hydrogen-bond donors (Lipinski definition) is 1. The normalized spacial score (nSPS) is 13.2. The molecule has 0 fully saturated rings. The number of ether oxygens (including phenoxy) is 2. The van der Waals surface area contributed by atoms with Crippen molar-refractivity contribution in [3.63, 3.8) is 0 Å². The number of fused-ring (bicyclic) bond motifs is 1. The summed E-state index contributed by atoms with van der Waals surface area (Å²) < 4.78 is 39.1. The van der Waals surface area contributed by atoms with Gasteiger partial charge < -0.3 is 19.7 Å². The minimum absolute atomic E-state index is 0.136. The standard InChI is InChI=1S/C32H39N3O6S/c1-4-17-33-32(37)28(20-25-9-7-6-8-10-25)34(22-26-13-11-24(3)12-14-26)31(36)23-35(42(38,39)5-2)27-15-16-29-30(21-27)41-19-18-40-29/h6-16,21,28H,4-5,17-20,22-23H2,1-3H3,(H,33,37)/t28-/m1/s1. The predicted octanol–water partition coefficient (Wildman–Crippen LogP) is 4.09. The van der Waals surface area contributed by atoms with Crippen LogP contribution in [0.15, 0.2) is 72.8 Å². The first kappa shape index (κ1) is 30.9. The summed E-state index contributed by atoms with van der Waals surface area (Å²) in [6, 6.07) is 21.2. The molecule has 0 spiro atoms. The molecule has 3 aromatic carbocycles. The number of sulfonamides is 1. The van der Waals surface area contributed by atoms with Crippen LogP contribution in [0.4, 0.5) is 5.69 Å². The molecule has 1 N–H and O–H groups in total. The quantitative estimate of drug-likeness (QED) is 0.320. The molecule has 10 heteroatoms. The zero-order chi connectivity index (χ0) is 30.1. The molecule has 0 radical (unpaired) electrons. The maximum absolute atomic E-state index is 14.2. The second-order valence-corrected chi connectivity index (χ2v) is 12.4. The SMILES string of the molecule is CCCNC(=O)[C@@H](Cc1ccccc1)N(Cc1ccc(C)cc1)C(=O)CN(c1ccc2c(c1)OCCO2)S(=O)(=O)CC. The van der Waals surface area contributed by atoms with Gasteiger partial charge in [0.25, 0.3) is 0 Å². The van der Waals surface area contributed by atoms with E-state index in [0.717, 1.165) is 27.4 Å². The zero-order valence-electron chi connectivity index (χ0n) is 24.4. The van der Waals surface area contributed by atoms with Gasteiger partial charge in [-0.05, 0) is 43.5 Å². The highest BCUT2D eigenvalue weighted by molar-refractivity contribution is 7.92. The van der Waals surface area contributed by atoms with E-state index in [-0.39, 0.29) is 24.6 Å². The lowest BCUT2D eigenvalue weighted by atomic mass is 10.0. The minimum atomic E-state index is -3.88. The Kier molecular flexibility index (Phi) is 10.5. The molecule has 1 aliphatic heterocycles. The van der Waals surface area contributed by atoms with E-state index in [1.54, 1.807) is 18.2 Å². The molecule has 9 nitrogen and oxygen atoms in total. The molecule has 1 aliphatic rings. The molecular weight excluding hydrogens is 554 g/mol. The van der Waals surface area contributed by atoms with Gasteiger partial charge in [-0.25, -0.2) is 8.42 Å². The van der Waals surface area contributed by atoms with Gasteiger partial charge in [-0.1, -0.05) is 67.1 Å². The highest BCUT2D eigenvalue weighted by Crippen LogP contribution is 2.35. The molecule has 2 amide bonds. The Hall–Kier alpha value is -4.05. The fraction of sp³-hybridized carbons (Fsp3) is 0.375. The van der Waals surface area contributed by atoms with E-state index in [0.29, 0.717) is 36.9 Å². The van der Waals surface area contributed by atoms with Gasteiger partial charge >= 0.3 is 0 Å². The van der Waals surface area contributed by atoms with Gasteiger partial charge in [-0.15, -0.1) is 0 Å². The lowest BCUT2D eigenvalue weighted by Gasteiger charge is -2.34. The summed E-state index contributed by atoms with van der Waals surface area (Å²) in [6.45, 7) is 6.33. The van der Waals surface area contributed by atoms with Crippen molar-refractivity contribution >= 4 is 27.5 Å². The third-order valence-electron chi connectivity index (χ3n) is 7.09. The average Bonchev–Trinajstić information content (AvgIpc) is 3.01. The Labute approximate surface area is 248 Å². The third-order valence-corrected chi connectivity index (χ3v) is 8.83. The van der Waals surface area contributed by atoms with Crippen molar-refractivity contribution in [2.75, 3.05) is 36.4 Å². The number of rotatable bonds is 13. The van der Waals surface area contributed by atoms with E-state index in [2.05, 4.69) is 5.32 Å². The predicted molar refractivity (Wildman–Crippen MR) is 163 cm³/mol. The monoisotopic (exact) mass is 593 g/mol. The number of carbonyl (C=O) groups excluding carboxylic acids is 2. The van der Waals surface area contributed by atoms with Crippen LogP contribution < -0.4 is 19.1 Å². The van der Waals surface area contributed by atoms with Gasteiger partial charge in [0.1, 0.15) is 25.8 Å². The molecule has 0 unspecified atom stereocenters. The van der Waals surface area contributed by atoms with Gasteiger partial charge in [0.15, 0.2) is 11.5 Å². The van der Waals surface area contributed by atoms with Gasteiger partial charge in [-0.3, -0.25) is 13.9 Å². The number of amides is 2. The van der Waals surface area contributed by atoms with E-state index in [1.807, 2.05) is 68.4 Å². The molecule has 0 aliphatic carbocycles. The highest BCUT2D eigenvalue weighted by atomic mass is 32.2. The van der Waals surface area contributed by atoms with Crippen LogP contribution in [-0.2, 0) is 32.6 Å². The molecule has 224 valence electrons. The number of hydrogen-bond acceptors (Lipinski definition) is 6.